The van der Waals surface area contributed by atoms with Crippen molar-refractivity contribution in [3.63, 3.8) is 0 Å². The van der Waals surface area contributed by atoms with Gasteiger partial charge in [0.2, 0.25) is 0 Å². The molecule has 18 heavy (non-hydrogen) atoms. The molecular weight excluding hydrogens is 232 g/mol. The fourth-order valence-electron chi connectivity index (χ4n) is 1.56. The zero-order valence-electron chi connectivity index (χ0n) is 9.92. The Kier molecular flexibility index (Phi) is 3.13. The molecule has 0 saturated carbocycles. The van der Waals surface area contributed by atoms with Gasteiger partial charge in [-0.25, -0.2) is 4.98 Å². The Balaban J connectivity index is 2.19. The number of rotatable bonds is 4. The molecule has 0 unspecified atom stereocenters. The summed E-state index contributed by atoms with van der Waals surface area (Å²) in [5.74, 6) is -0.153. The van der Waals surface area contributed by atoms with Crippen LogP contribution in [0, 0.1) is 0 Å². The average Bonchev–Trinajstić information content (AvgIpc) is 2.73. The number of carbonyl (C=O) groups is 1. The number of amides is 1. The number of nitrogens with two attached hydrogens (primary N) is 2. The van der Waals surface area contributed by atoms with Gasteiger partial charge in [-0.05, 0) is 12.1 Å². The fourth-order valence-corrected chi connectivity index (χ4v) is 1.56. The number of anilines is 2. The molecular formula is C11H14N6O. The first-order valence-electron chi connectivity index (χ1n) is 5.34. The Morgan fingerprint density at radius 3 is 2.94 bits per heavy atom. The van der Waals surface area contributed by atoms with Crippen molar-refractivity contribution in [1.82, 2.24) is 14.8 Å². The molecule has 0 fully saturated rings. The minimum absolute atomic E-state index is 0.275. The molecule has 0 aliphatic carbocycles. The lowest BCUT2D eigenvalue weighted by atomic mass is 10.2. The Morgan fingerprint density at radius 1 is 1.56 bits per heavy atom. The van der Waals surface area contributed by atoms with Gasteiger partial charge in [0, 0.05) is 13.2 Å². The van der Waals surface area contributed by atoms with Crippen molar-refractivity contribution >= 4 is 17.4 Å². The summed E-state index contributed by atoms with van der Waals surface area (Å²) in [5.41, 5.74) is 12.5. The van der Waals surface area contributed by atoms with Crippen LogP contribution in [0.3, 0.4) is 0 Å². The van der Waals surface area contributed by atoms with E-state index in [-0.39, 0.29) is 5.56 Å². The van der Waals surface area contributed by atoms with Crippen LogP contribution in [0.4, 0.5) is 11.5 Å². The Labute approximate surface area is 104 Å². The van der Waals surface area contributed by atoms with E-state index in [0.717, 1.165) is 5.69 Å². The minimum atomic E-state index is -0.567. The first kappa shape index (κ1) is 11.9. The van der Waals surface area contributed by atoms with Crippen LogP contribution in [-0.2, 0) is 13.6 Å². The second-order valence-electron chi connectivity index (χ2n) is 3.83. The predicted molar refractivity (Wildman–Crippen MR) is 67.7 cm³/mol. The molecule has 0 aliphatic heterocycles. The molecule has 0 aliphatic rings. The fraction of sp³-hybridized carbons (Fsp3) is 0.182. The second-order valence-corrected chi connectivity index (χ2v) is 3.83. The Bertz CT molecular complexity index is 577. The van der Waals surface area contributed by atoms with E-state index in [1.807, 2.05) is 13.1 Å². The molecule has 0 atom stereocenters. The third-order valence-corrected chi connectivity index (χ3v) is 2.53. The Hall–Kier alpha value is -2.57. The van der Waals surface area contributed by atoms with Gasteiger partial charge in [-0.3, -0.25) is 9.48 Å². The third kappa shape index (κ3) is 2.40. The number of nitrogens with one attached hydrogen (secondary N) is 1. The number of aryl methyl sites for hydroxylation is 1. The molecule has 5 N–H and O–H groups in total. The molecule has 2 aromatic heterocycles. The number of pyridine rings is 1. The molecule has 94 valence electrons. The van der Waals surface area contributed by atoms with Crippen molar-refractivity contribution in [1.29, 1.82) is 0 Å². The SMILES string of the molecule is Cn1nccc1CNc1ncc(N)cc1C(N)=O. The highest BCUT2D eigenvalue weighted by Gasteiger charge is 2.10. The summed E-state index contributed by atoms with van der Waals surface area (Å²) in [6.07, 6.45) is 3.17. The summed E-state index contributed by atoms with van der Waals surface area (Å²) < 4.78 is 1.73. The molecule has 0 spiro atoms. The van der Waals surface area contributed by atoms with Crippen LogP contribution in [0.1, 0.15) is 16.1 Å². The molecule has 0 radical (unpaired) electrons. The van der Waals surface area contributed by atoms with Crippen LogP contribution < -0.4 is 16.8 Å². The van der Waals surface area contributed by atoms with Crippen LogP contribution in [0.25, 0.3) is 0 Å². The molecule has 2 aromatic rings. The van der Waals surface area contributed by atoms with E-state index in [2.05, 4.69) is 15.4 Å². The quantitative estimate of drug-likeness (QED) is 0.708. The van der Waals surface area contributed by atoms with Crippen molar-refractivity contribution in [2.45, 2.75) is 6.54 Å². The number of aromatic nitrogens is 3. The molecule has 2 rings (SSSR count). The molecule has 0 aromatic carbocycles. The second kappa shape index (κ2) is 4.74. The lowest BCUT2D eigenvalue weighted by Gasteiger charge is -2.09. The van der Waals surface area contributed by atoms with E-state index in [1.54, 1.807) is 10.9 Å². The van der Waals surface area contributed by atoms with E-state index in [0.29, 0.717) is 18.1 Å². The largest absolute Gasteiger partial charge is 0.397 e. The van der Waals surface area contributed by atoms with Crippen molar-refractivity contribution < 1.29 is 4.79 Å². The minimum Gasteiger partial charge on any atom is -0.397 e. The average molecular weight is 246 g/mol. The summed E-state index contributed by atoms with van der Waals surface area (Å²) in [6.45, 7) is 0.494. The summed E-state index contributed by atoms with van der Waals surface area (Å²) in [5, 5.41) is 7.08. The molecule has 7 nitrogen and oxygen atoms in total. The first-order valence-corrected chi connectivity index (χ1v) is 5.34. The smallest absolute Gasteiger partial charge is 0.252 e. The summed E-state index contributed by atoms with van der Waals surface area (Å²) in [4.78, 5) is 15.3. The van der Waals surface area contributed by atoms with E-state index in [9.17, 15) is 4.79 Å². The van der Waals surface area contributed by atoms with Gasteiger partial charge < -0.3 is 16.8 Å². The van der Waals surface area contributed by atoms with Gasteiger partial charge in [-0.2, -0.15) is 5.10 Å². The van der Waals surface area contributed by atoms with E-state index in [1.165, 1.54) is 12.3 Å². The molecule has 0 bridgehead atoms. The maximum atomic E-state index is 11.3. The first-order chi connectivity index (χ1) is 8.58. The lowest BCUT2D eigenvalue weighted by molar-refractivity contribution is 0.100. The number of nitrogen functional groups attached to an aromatic ring is 1. The van der Waals surface area contributed by atoms with Crippen molar-refractivity contribution in [2.75, 3.05) is 11.1 Å². The highest BCUT2D eigenvalue weighted by molar-refractivity contribution is 5.98. The summed E-state index contributed by atoms with van der Waals surface area (Å²) in [7, 11) is 1.84. The number of primary amides is 1. The van der Waals surface area contributed by atoms with E-state index < -0.39 is 5.91 Å². The van der Waals surface area contributed by atoms with Crippen molar-refractivity contribution in [2.24, 2.45) is 12.8 Å². The molecule has 2 heterocycles. The van der Waals surface area contributed by atoms with E-state index >= 15 is 0 Å². The van der Waals surface area contributed by atoms with Crippen LogP contribution in [0.15, 0.2) is 24.5 Å². The van der Waals surface area contributed by atoms with E-state index in [4.69, 9.17) is 11.5 Å². The molecule has 7 heteroatoms. The zero-order valence-corrected chi connectivity index (χ0v) is 9.92. The number of hydrogen-bond acceptors (Lipinski definition) is 5. The maximum Gasteiger partial charge on any atom is 0.252 e. The third-order valence-electron chi connectivity index (χ3n) is 2.53. The summed E-state index contributed by atoms with van der Waals surface area (Å²) >= 11 is 0. The van der Waals surface area contributed by atoms with Gasteiger partial charge in [0.15, 0.2) is 0 Å². The summed E-state index contributed by atoms with van der Waals surface area (Å²) in [6, 6.07) is 3.37. The normalized spacial score (nSPS) is 10.3. The number of hydrogen-bond donors (Lipinski definition) is 3. The highest BCUT2D eigenvalue weighted by atomic mass is 16.1. The number of nitrogens with zero attached hydrogens (tertiary/aromatic N) is 3. The highest BCUT2D eigenvalue weighted by Crippen LogP contribution is 2.15. The van der Waals surface area contributed by atoms with Gasteiger partial charge in [-0.15, -0.1) is 0 Å². The van der Waals surface area contributed by atoms with Gasteiger partial charge in [0.1, 0.15) is 5.82 Å². The van der Waals surface area contributed by atoms with Gasteiger partial charge >= 0.3 is 0 Å². The Morgan fingerprint density at radius 2 is 2.33 bits per heavy atom. The molecule has 1 amide bonds. The standard InChI is InChI=1S/C11H14N6O/c1-17-8(2-3-16-17)6-15-11-9(10(13)18)4-7(12)5-14-11/h2-5H,6,12H2,1H3,(H2,13,18)(H,14,15). The van der Waals surface area contributed by atoms with Gasteiger partial charge in [-0.1, -0.05) is 0 Å². The maximum absolute atomic E-state index is 11.3. The van der Waals surface area contributed by atoms with Crippen LogP contribution >= 0.6 is 0 Å². The van der Waals surface area contributed by atoms with Crippen LogP contribution in [-0.4, -0.2) is 20.7 Å². The van der Waals surface area contributed by atoms with Gasteiger partial charge in [0.25, 0.3) is 5.91 Å². The topological polar surface area (TPSA) is 112 Å². The molecule has 0 saturated heterocycles. The van der Waals surface area contributed by atoms with Crippen LogP contribution in [0.5, 0.6) is 0 Å². The van der Waals surface area contributed by atoms with Gasteiger partial charge in [0.05, 0.1) is 29.7 Å². The monoisotopic (exact) mass is 246 g/mol. The zero-order chi connectivity index (χ0) is 13.1. The van der Waals surface area contributed by atoms with Crippen molar-refractivity contribution in [3.8, 4) is 0 Å². The van der Waals surface area contributed by atoms with Crippen LogP contribution in [0.2, 0.25) is 0 Å². The predicted octanol–water partition coefficient (Wildman–Crippen LogP) is 0.108. The lowest BCUT2D eigenvalue weighted by Crippen LogP contribution is -2.16. The number of carbonyl (C=O) groups excluding carboxylic acids is 1. The van der Waals surface area contributed by atoms with Crippen molar-refractivity contribution in [3.05, 3.63) is 35.8 Å².